The number of rotatable bonds is 4. The van der Waals surface area contributed by atoms with Gasteiger partial charge in [-0.05, 0) is 25.1 Å². The predicted octanol–water partition coefficient (Wildman–Crippen LogP) is 3.20. The Morgan fingerprint density at radius 1 is 1.56 bits per heavy atom. The molecule has 2 aromatic rings. The smallest absolute Gasteiger partial charge is 0.357 e. The monoisotopic (exact) mass is 266 g/mol. The summed E-state index contributed by atoms with van der Waals surface area (Å²) in [5.74, 6) is -0.789. The highest BCUT2D eigenvalue weighted by atomic mass is 32.1. The molecule has 18 heavy (non-hydrogen) atoms. The van der Waals surface area contributed by atoms with Crippen LogP contribution in [0.4, 0.5) is 15.2 Å². The van der Waals surface area contributed by atoms with E-state index >= 15 is 0 Å². The second kappa shape index (κ2) is 5.59. The van der Waals surface area contributed by atoms with Crippen LogP contribution in [0.15, 0.2) is 29.6 Å². The molecule has 0 bridgehead atoms. The summed E-state index contributed by atoms with van der Waals surface area (Å²) >= 11 is 1.26. The van der Waals surface area contributed by atoms with E-state index in [1.54, 1.807) is 24.4 Å². The zero-order valence-electron chi connectivity index (χ0n) is 9.64. The van der Waals surface area contributed by atoms with Crippen LogP contribution in [-0.2, 0) is 4.74 Å². The largest absolute Gasteiger partial charge is 0.461 e. The van der Waals surface area contributed by atoms with Gasteiger partial charge in [-0.15, -0.1) is 11.3 Å². The first-order chi connectivity index (χ1) is 8.69. The maximum Gasteiger partial charge on any atom is 0.357 e. The van der Waals surface area contributed by atoms with Crippen molar-refractivity contribution in [1.29, 1.82) is 0 Å². The van der Waals surface area contributed by atoms with Crippen molar-refractivity contribution in [1.82, 2.24) is 4.98 Å². The average Bonchev–Trinajstić information content (AvgIpc) is 2.78. The molecule has 1 heterocycles. The zero-order valence-corrected chi connectivity index (χ0v) is 10.5. The van der Waals surface area contributed by atoms with Crippen molar-refractivity contribution in [2.45, 2.75) is 6.92 Å². The number of hydrogen-bond donors (Lipinski definition) is 1. The van der Waals surface area contributed by atoms with Gasteiger partial charge in [0.25, 0.3) is 0 Å². The maximum absolute atomic E-state index is 13.0. The molecule has 4 nitrogen and oxygen atoms in total. The summed E-state index contributed by atoms with van der Waals surface area (Å²) in [7, 11) is 0. The fourth-order valence-corrected chi connectivity index (χ4v) is 2.02. The first-order valence-corrected chi connectivity index (χ1v) is 6.22. The van der Waals surface area contributed by atoms with Crippen molar-refractivity contribution in [2.24, 2.45) is 0 Å². The van der Waals surface area contributed by atoms with Crippen molar-refractivity contribution in [3.63, 3.8) is 0 Å². The van der Waals surface area contributed by atoms with Crippen LogP contribution in [0, 0.1) is 5.82 Å². The Labute approximate surface area is 107 Å². The van der Waals surface area contributed by atoms with E-state index in [0.717, 1.165) is 0 Å². The van der Waals surface area contributed by atoms with Crippen LogP contribution in [0.5, 0.6) is 0 Å². The molecule has 1 aromatic heterocycles. The standard InChI is InChI=1S/C12H11FN2O2S/c1-2-17-11(16)10-7-18-12(15-10)14-9-5-3-4-8(13)6-9/h3-7H,2H2,1H3,(H,14,15). The van der Waals surface area contributed by atoms with Crippen molar-refractivity contribution >= 4 is 28.1 Å². The molecule has 94 valence electrons. The Hall–Kier alpha value is -1.95. The second-order valence-corrected chi connectivity index (χ2v) is 4.25. The number of ether oxygens (including phenoxy) is 1. The number of hydrogen-bond acceptors (Lipinski definition) is 5. The minimum atomic E-state index is -0.457. The van der Waals surface area contributed by atoms with Crippen LogP contribution < -0.4 is 5.32 Å². The minimum absolute atomic E-state index is 0.251. The van der Waals surface area contributed by atoms with Gasteiger partial charge >= 0.3 is 5.97 Å². The average molecular weight is 266 g/mol. The SMILES string of the molecule is CCOC(=O)c1csc(Nc2cccc(F)c2)n1. The number of nitrogens with zero attached hydrogens (tertiary/aromatic N) is 1. The van der Waals surface area contributed by atoms with E-state index < -0.39 is 5.97 Å². The van der Waals surface area contributed by atoms with Gasteiger partial charge in [0.2, 0.25) is 0 Å². The van der Waals surface area contributed by atoms with Gasteiger partial charge in [0.1, 0.15) is 5.82 Å². The molecule has 0 radical (unpaired) electrons. The summed E-state index contributed by atoms with van der Waals surface area (Å²) in [5, 5.41) is 5.04. The summed E-state index contributed by atoms with van der Waals surface area (Å²) in [6.07, 6.45) is 0. The molecule has 0 atom stereocenters. The molecule has 1 N–H and O–H groups in total. The van der Waals surface area contributed by atoms with E-state index in [1.807, 2.05) is 0 Å². The van der Waals surface area contributed by atoms with Crippen molar-refractivity contribution < 1.29 is 13.9 Å². The quantitative estimate of drug-likeness (QED) is 0.863. The number of aromatic nitrogens is 1. The molecular weight excluding hydrogens is 255 g/mol. The molecule has 0 saturated carbocycles. The van der Waals surface area contributed by atoms with E-state index in [0.29, 0.717) is 17.4 Å². The molecule has 0 aliphatic rings. The summed E-state index contributed by atoms with van der Waals surface area (Å²) in [6, 6.07) is 6.02. The van der Waals surface area contributed by atoms with Gasteiger partial charge in [0.15, 0.2) is 10.8 Å². The highest BCUT2D eigenvalue weighted by molar-refractivity contribution is 7.14. The summed E-state index contributed by atoms with van der Waals surface area (Å²) in [4.78, 5) is 15.5. The predicted molar refractivity (Wildman–Crippen MR) is 67.8 cm³/mol. The lowest BCUT2D eigenvalue weighted by molar-refractivity contribution is 0.0520. The van der Waals surface area contributed by atoms with Crippen LogP contribution >= 0.6 is 11.3 Å². The van der Waals surface area contributed by atoms with E-state index in [4.69, 9.17) is 4.74 Å². The first kappa shape index (κ1) is 12.5. The second-order valence-electron chi connectivity index (χ2n) is 3.39. The number of anilines is 2. The Morgan fingerprint density at radius 3 is 3.11 bits per heavy atom. The maximum atomic E-state index is 13.0. The molecule has 0 unspecified atom stereocenters. The van der Waals surface area contributed by atoms with Gasteiger partial charge < -0.3 is 10.1 Å². The number of carbonyl (C=O) groups excluding carboxylic acids is 1. The summed E-state index contributed by atoms with van der Waals surface area (Å²) < 4.78 is 17.8. The number of halogens is 1. The highest BCUT2D eigenvalue weighted by Crippen LogP contribution is 2.21. The molecule has 0 fully saturated rings. The van der Waals surface area contributed by atoms with Crippen LogP contribution in [0.1, 0.15) is 17.4 Å². The van der Waals surface area contributed by atoms with Gasteiger partial charge in [0.05, 0.1) is 6.61 Å². The van der Waals surface area contributed by atoms with Gasteiger partial charge in [-0.3, -0.25) is 0 Å². The lowest BCUT2D eigenvalue weighted by atomic mass is 10.3. The van der Waals surface area contributed by atoms with Crippen molar-refractivity contribution in [3.8, 4) is 0 Å². The molecule has 0 saturated heterocycles. The Kier molecular flexibility index (Phi) is 3.88. The fraction of sp³-hybridized carbons (Fsp3) is 0.167. The lowest BCUT2D eigenvalue weighted by Crippen LogP contribution is -2.04. The van der Waals surface area contributed by atoms with Gasteiger partial charge in [-0.25, -0.2) is 14.2 Å². The number of thiazole rings is 1. The van der Waals surface area contributed by atoms with Crippen LogP contribution in [0.3, 0.4) is 0 Å². The van der Waals surface area contributed by atoms with Gasteiger partial charge in [0, 0.05) is 11.1 Å². The Balaban J connectivity index is 2.09. The number of benzene rings is 1. The van der Waals surface area contributed by atoms with E-state index in [-0.39, 0.29) is 11.5 Å². The molecule has 0 aliphatic carbocycles. The molecule has 2 rings (SSSR count). The lowest BCUT2D eigenvalue weighted by Gasteiger charge is -2.01. The molecule has 0 spiro atoms. The van der Waals surface area contributed by atoms with E-state index in [1.165, 1.54) is 23.5 Å². The summed E-state index contributed by atoms with van der Waals surface area (Å²) in [6.45, 7) is 2.04. The molecule has 1 aromatic carbocycles. The topological polar surface area (TPSA) is 51.2 Å². The number of nitrogens with one attached hydrogen (secondary N) is 1. The molecule has 0 amide bonds. The van der Waals surface area contributed by atoms with Crippen LogP contribution in [0.25, 0.3) is 0 Å². The normalized spacial score (nSPS) is 10.1. The minimum Gasteiger partial charge on any atom is -0.461 e. The molecule has 0 aliphatic heterocycles. The highest BCUT2D eigenvalue weighted by Gasteiger charge is 2.11. The number of esters is 1. The van der Waals surface area contributed by atoms with E-state index in [9.17, 15) is 9.18 Å². The van der Waals surface area contributed by atoms with Crippen molar-refractivity contribution in [2.75, 3.05) is 11.9 Å². The summed E-state index contributed by atoms with van der Waals surface area (Å²) in [5.41, 5.74) is 0.834. The van der Waals surface area contributed by atoms with Gasteiger partial charge in [-0.1, -0.05) is 6.07 Å². The molecule has 6 heteroatoms. The third-order valence-electron chi connectivity index (χ3n) is 2.06. The fourth-order valence-electron chi connectivity index (χ4n) is 1.32. The van der Waals surface area contributed by atoms with E-state index in [2.05, 4.69) is 10.3 Å². The van der Waals surface area contributed by atoms with Crippen LogP contribution in [0.2, 0.25) is 0 Å². The third-order valence-corrected chi connectivity index (χ3v) is 2.82. The molecular formula is C12H11FN2O2S. The first-order valence-electron chi connectivity index (χ1n) is 5.34. The third kappa shape index (κ3) is 3.04. The van der Waals surface area contributed by atoms with Crippen LogP contribution in [-0.4, -0.2) is 17.6 Å². The Morgan fingerprint density at radius 2 is 2.39 bits per heavy atom. The Bertz CT molecular complexity index is 557. The van der Waals surface area contributed by atoms with Gasteiger partial charge in [-0.2, -0.15) is 0 Å². The number of carbonyl (C=O) groups is 1. The zero-order chi connectivity index (χ0) is 13.0. The van der Waals surface area contributed by atoms with Crippen molar-refractivity contribution in [3.05, 3.63) is 41.2 Å².